The van der Waals surface area contributed by atoms with E-state index in [2.05, 4.69) is 28.6 Å². The van der Waals surface area contributed by atoms with Crippen molar-refractivity contribution in [3.05, 3.63) is 52.1 Å². The number of imidazole rings is 1. The Morgan fingerprint density at radius 1 is 1.28 bits per heavy atom. The molecule has 2 nitrogen and oxygen atoms in total. The van der Waals surface area contributed by atoms with E-state index in [1.165, 1.54) is 35.4 Å². The molecule has 1 aromatic heterocycles. The Hall–Kier alpha value is -1.28. The molecular weight excluding hydrogens is 244 g/mol. The van der Waals surface area contributed by atoms with Crippen molar-refractivity contribution in [3.8, 4) is 0 Å². The average molecular weight is 261 g/mol. The molecule has 0 saturated carbocycles. The maximum absolute atomic E-state index is 6.30. The van der Waals surface area contributed by atoms with Crippen LogP contribution in [0.4, 0.5) is 0 Å². The monoisotopic (exact) mass is 260 g/mol. The minimum absolute atomic E-state index is 0.835. The number of hydrogen-bond acceptors (Lipinski definition) is 1. The summed E-state index contributed by atoms with van der Waals surface area (Å²) in [6, 6.07) is 6.26. The van der Waals surface area contributed by atoms with E-state index in [4.69, 9.17) is 11.6 Å². The highest BCUT2D eigenvalue weighted by atomic mass is 35.5. The molecule has 0 fully saturated rings. The minimum Gasteiger partial charge on any atom is -0.330 e. The van der Waals surface area contributed by atoms with Gasteiger partial charge in [0.1, 0.15) is 0 Å². The van der Waals surface area contributed by atoms with Gasteiger partial charge in [0, 0.05) is 10.7 Å². The van der Waals surface area contributed by atoms with Crippen LogP contribution in [0.3, 0.4) is 0 Å². The van der Waals surface area contributed by atoms with Crippen molar-refractivity contribution in [2.24, 2.45) is 0 Å². The first-order valence-corrected chi connectivity index (χ1v) is 6.90. The predicted octanol–water partition coefficient (Wildman–Crippen LogP) is 3.77. The first-order valence-electron chi connectivity index (χ1n) is 6.52. The summed E-state index contributed by atoms with van der Waals surface area (Å²) in [6.07, 6.45) is 6.80. The zero-order valence-corrected chi connectivity index (χ0v) is 11.4. The highest BCUT2D eigenvalue weighted by Crippen LogP contribution is 2.23. The summed E-state index contributed by atoms with van der Waals surface area (Å²) < 4.78 is 2.26. The van der Waals surface area contributed by atoms with E-state index < -0.39 is 0 Å². The van der Waals surface area contributed by atoms with Gasteiger partial charge in [-0.3, -0.25) is 0 Å². The molecule has 1 aliphatic rings. The van der Waals surface area contributed by atoms with E-state index in [1.54, 1.807) is 0 Å². The normalized spacial score (nSPS) is 14.6. The first-order chi connectivity index (χ1) is 8.74. The molecule has 0 saturated heterocycles. The van der Waals surface area contributed by atoms with Crippen LogP contribution in [0.5, 0.6) is 0 Å². The molecule has 0 atom stereocenters. The van der Waals surface area contributed by atoms with Crippen molar-refractivity contribution in [1.29, 1.82) is 0 Å². The third kappa shape index (κ3) is 2.17. The molecule has 3 rings (SSSR count). The molecule has 2 aromatic rings. The van der Waals surface area contributed by atoms with Crippen LogP contribution in [-0.4, -0.2) is 9.55 Å². The van der Waals surface area contributed by atoms with E-state index in [1.807, 2.05) is 12.4 Å². The fraction of sp³-hybridized carbons (Fsp3) is 0.400. The molecule has 1 aromatic carbocycles. The lowest BCUT2D eigenvalue weighted by Gasteiger charge is -2.14. The van der Waals surface area contributed by atoms with Gasteiger partial charge in [0.2, 0.25) is 0 Å². The second-order valence-electron chi connectivity index (χ2n) is 5.07. The molecule has 0 spiro atoms. The maximum atomic E-state index is 6.30. The van der Waals surface area contributed by atoms with Gasteiger partial charge in [-0.05, 0) is 49.8 Å². The average Bonchev–Trinajstić information content (AvgIpc) is 2.76. The Morgan fingerprint density at radius 2 is 2.11 bits per heavy atom. The molecule has 0 aliphatic heterocycles. The summed E-state index contributed by atoms with van der Waals surface area (Å²) in [5.74, 6) is 0. The maximum Gasteiger partial charge on any atom is 0.0954 e. The molecule has 18 heavy (non-hydrogen) atoms. The van der Waals surface area contributed by atoms with Gasteiger partial charge >= 0.3 is 0 Å². The minimum atomic E-state index is 0.835. The van der Waals surface area contributed by atoms with Gasteiger partial charge in [-0.1, -0.05) is 23.7 Å². The van der Waals surface area contributed by atoms with Gasteiger partial charge < -0.3 is 4.57 Å². The van der Waals surface area contributed by atoms with Gasteiger partial charge in [0.25, 0.3) is 0 Å². The zero-order chi connectivity index (χ0) is 12.5. The molecule has 0 N–H and O–H groups in total. The first kappa shape index (κ1) is 11.8. The number of aromatic nitrogens is 2. The van der Waals surface area contributed by atoms with Crippen LogP contribution in [0.1, 0.15) is 35.4 Å². The summed E-state index contributed by atoms with van der Waals surface area (Å²) in [4.78, 5) is 4.52. The number of rotatable bonds is 2. The fourth-order valence-electron chi connectivity index (χ4n) is 2.63. The number of halogens is 1. The number of aryl methyl sites for hydroxylation is 2. The van der Waals surface area contributed by atoms with Crippen LogP contribution in [0, 0.1) is 6.92 Å². The molecule has 94 valence electrons. The number of hydrogen-bond donors (Lipinski definition) is 0. The Morgan fingerprint density at radius 3 is 2.94 bits per heavy atom. The van der Waals surface area contributed by atoms with Crippen LogP contribution in [-0.2, 0) is 19.4 Å². The Bertz CT molecular complexity index is 572. The van der Waals surface area contributed by atoms with E-state index in [0.29, 0.717) is 0 Å². The molecule has 1 aliphatic carbocycles. The van der Waals surface area contributed by atoms with E-state index in [9.17, 15) is 0 Å². The molecular formula is C15H17ClN2. The standard InChI is InChI=1S/C15H17ClN2/c1-11-6-7-12(13(16)8-11)9-18-10-17-14-4-2-3-5-15(14)18/h6-8,10H,2-5,9H2,1H3. The Labute approximate surface area is 113 Å². The van der Waals surface area contributed by atoms with Crippen molar-refractivity contribution < 1.29 is 0 Å². The summed E-state index contributed by atoms with van der Waals surface area (Å²) in [7, 11) is 0. The van der Waals surface area contributed by atoms with E-state index in [-0.39, 0.29) is 0 Å². The third-order valence-electron chi connectivity index (χ3n) is 3.66. The summed E-state index contributed by atoms with van der Waals surface area (Å²) in [5, 5.41) is 0.855. The number of benzene rings is 1. The van der Waals surface area contributed by atoms with E-state index >= 15 is 0 Å². The lowest BCUT2D eigenvalue weighted by molar-refractivity contribution is 0.628. The van der Waals surface area contributed by atoms with Crippen LogP contribution >= 0.6 is 11.6 Å². The third-order valence-corrected chi connectivity index (χ3v) is 4.01. The van der Waals surface area contributed by atoms with Gasteiger partial charge in [-0.15, -0.1) is 0 Å². The summed E-state index contributed by atoms with van der Waals surface area (Å²) >= 11 is 6.30. The Balaban J connectivity index is 1.90. The second kappa shape index (κ2) is 4.77. The smallest absolute Gasteiger partial charge is 0.0954 e. The molecule has 0 radical (unpaired) electrons. The molecule has 0 bridgehead atoms. The fourth-order valence-corrected chi connectivity index (χ4v) is 2.93. The number of fused-ring (bicyclic) bond motifs is 1. The van der Waals surface area contributed by atoms with Gasteiger partial charge in [0.15, 0.2) is 0 Å². The SMILES string of the molecule is Cc1ccc(Cn2cnc3c2CCCC3)c(Cl)c1. The second-order valence-corrected chi connectivity index (χ2v) is 5.48. The van der Waals surface area contributed by atoms with Gasteiger partial charge in [-0.25, -0.2) is 4.98 Å². The largest absolute Gasteiger partial charge is 0.330 e. The van der Waals surface area contributed by atoms with Gasteiger partial charge in [-0.2, -0.15) is 0 Å². The lowest BCUT2D eigenvalue weighted by atomic mass is 10.0. The highest BCUT2D eigenvalue weighted by molar-refractivity contribution is 6.31. The van der Waals surface area contributed by atoms with Crippen LogP contribution in [0.2, 0.25) is 5.02 Å². The summed E-state index contributed by atoms with van der Waals surface area (Å²) in [6.45, 7) is 2.90. The molecule has 0 amide bonds. The van der Waals surface area contributed by atoms with Crippen molar-refractivity contribution in [2.45, 2.75) is 39.2 Å². The van der Waals surface area contributed by atoms with Gasteiger partial charge in [0.05, 0.1) is 18.6 Å². The molecule has 1 heterocycles. The molecule has 0 unspecified atom stereocenters. The zero-order valence-electron chi connectivity index (χ0n) is 10.6. The van der Waals surface area contributed by atoms with E-state index in [0.717, 1.165) is 24.4 Å². The van der Waals surface area contributed by atoms with Crippen LogP contribution in [0.25, 0.3) is 0 Å². The van der Waals surface area contributed by atoms with Crippen molar-refractivity contribution >= 4 is 11.6 Å². The predicted molar refractivity (Wildman–Crippen MR) is 74.2 cm³/mol. The quantitative estimate of drug-likeness (QED) is 0.804. The topological polar surface area (TPSA) is 17.8 Å². The van der Waals surface area contributed by atoms with Crippen molar-refractivity contribution in [3.63, 3.8) is 0 Å². The van der Waals surface area contributed by atoms with Crippen LogP contribution in [0.15, 0.2) is 24.5 Å². The lowest BCUT2D eigenvalue weighted by Crippen LogP contribution is -2.09. The summed E-state index contributed by atoms with van der Waals surface area (Å²) in [5.41, 5.74) is 5.06. The number of nitrogens with zero attached hydrogens (tertiary/aromatic N) is 2. The van der Waals surface area contributed by atoms with Crippen molar-refractivity contribution in [1.82, 2.24) is 9.55 Å². The molecule has 3 heteroatoms. The Kier molecular flexibility index (Phi) is 3.13. The van der Waals surface area contributed by atoms with Crippen molar-refractivity contribution in [2.75, 3.05) is 0 Å². The highest BCUT2D eigenvalue weighted by Gasteiger charge is 2.15. The van der Waals surface area contributed by atoms with Crippen LogP contribution < -0.4 is 0 Å².